The van der Waals surface area contributed by atoms with Crippen LogP contribution in [0.4, 0.5) is 0 Å². The lowest BCUT2D eigenvalue weighted by Crippen LogP contribution is -2.53. The molecule has 1 aromatic rings. The van der Waals surface area contributed by atoms with Gasteiger partial charge in [0.2, 0.25) is 11.8 Å². The topological polar surface area (TPSA) is 69.6 Å². The van der Waals surface area contributed by atoms with Crippen molar-refractivity contribution in [2.75, 3.05) is 6.54 Å². The molecule has 0 bridgehead atoms. The van der Waals surface area contributed by atoms with Crippen LogP contribution in [0.1, 0.15) is 56.7 Å². The molecule has 1 aliphatic carbocycles. The highest BCUT2D eigenvalue weighted by molar-refractivity contribution is 5.88. The number of nitrogens with one attached hydrogen (secondary N) is 1. The predicted molar refractivity (Wildman–Crippen MR) is 95.8 cm³/mol. The number of hydrogen-bond acceptors (Lipinski definition) is 3. The summed E-state index contributed by atoms with van der Waals surface area (Å²) in [7, 11) is 0. The molecule has 3 atom stereocenters. The van der Waals surface area contributed by atoms with E-state index in [1.165, 1.54) is 0 Å². The number of nitrogens with zero attached hydrogens (tertiary/aromatic N) is 1. The van der Waals surface area contributed by atoms with Crippen molar-refractivity contribution < 1.29 is 14.7 Å². The molecular weight excluding hydrogens is 316 g/mol. The molecule has 0 radical (unpaired) electrons. The van der Waals surface area contributed by atoms with Crippen molar-refractivity contribution in [2.45, 2.75) is 64.1 Å². The Kier molecular flexibility index (Phi) is 5.42. The lowest BCUT2D eigenvalue weighted by Gasteiger charge is -2.35. The number of benzene rings is 1. The van der Waals surface area contributed by atoms with Crippen LogP contribution in [0.5, 0.6) is 0 Å². The zero-order chi connectivity index (χ0) is 18.0. The van der Waals surface area contributed by atoms with Crippen molar-refractivity contribution in [2.24, 2.45) is 5.92 Å². The fraction of sp³-hybridized carbons (Fsp3) is 0.600. The van der Waals surface area contributed by atoms with Gasteiger partial charge in [0.15, 0.2) is 0 Å². The van der Waals surface area contributed by atoms with E-state index in [0.29, 0.717) is 31.7 Å². The third-order valence-corrected chi connectivity index (χ3v) is 5.24. The summed E-state index contributed by atoms with van der Waals surface area (Å²) in [4.78, 5) is 27.1. The Morgan fingerprint density at radius 1 is 1.32 bits per heavy atom. The SMILES string of the molecule is CC(C)CC(C(=O)N[C@H]1c2ccccc2C[C@H]1O)N1CCCCC1=O. The largest absolute Gasteiger partial charge is 0.390 e. The molecule has 2 aliphatic rings. The molecule has 1 fully saturated rings. The molecule has 5 heteroatoms. The number of likely N-dealkylation sites (tertiary alicyclic amines) is 1. The van der Waals surface area contributed by atoms with Gasteiger partial charge >= 0.3 is 0 Å². The van der Waals surface area contributed by atoms with Crippen molar-refractivity contribution >= 4 is 11.8 Å². The maximum Gasteiger partial charge on any atom is 0.243 e. The van der Waals surface area contributed by atoms with Gasteiger partial charge in [-0.1, -0.05) is 38.1 Å². The quantitative estimate of drug-likeness (QED) is 0.860. The number of aliphatic hydroxyl groups excluding tert-OH is 1. The van der Waals surface area contributed by atoms with Gasteiger partial charge in [0.1, 0.15) is 6.04 Å². The first kappa shape index (κ1) is 17.9. The number of hydrogen-bond donors (Lipinski definition) is 2. The minimum Gasteiger partial charge on any atom is -0.390 e. The summed E-state index contributed by atoms with van der Waals surface area (Å²) < 4.78 is 0. The van der Waals surface area contributed by atoms with Crippen LogP contribution in [0.25, 0.3) is 0 Å². The van der Waals surface area contributed by atoms with Crippen molar-refractivity contribution in [1.29, 1.82) is 0 Å². The summed E-state index contributed by atoms with van der Waals surface area (Å²) in [6, 6.07) is 6.98. The maximum atomic E-state index is 13.0. The third kappa shape index (κ3) is 3.87. The second-order valence-electron chi connectivity index (χ2n) is 7.65. The average Bonchev–Trinajstić information content (AvgIpc) is 2.89. The van der Waals surface area contributed by atoms with Crippen molar-refractivity contribution in [3.63, 3.8) is 0 Å². The molecule has 0 aromatic heterocycles. The Hall–Kier alpha value is -1.88. The normalized spacial score (nSPS) is 24.3. The van der Waals surface area contributed by atoms with Gasteiger partial charge < -0.3 is 15.3 Å². The number of amides is 2. The monoisotopic (exact) mass is 344 g/mol. The van der Waals surface area contributed by atoms with Crippen molar-refractivity contribution in [1.82, 2.24) is 10.2 Å². The standard InChI is InChI=1S/C20H28N2O3/c1-13(2)11-16(22-10-6-5-9-18(22)24)20(25)21-19-15-8-4-3-7-14(15)12-17(19)23/h3-4,7-8,13,16-17,19,23H,5-6,9-12H2,1-2H3,(H,21,25)/t16?,17-,19+/m1/s1. The number of carbonyl (C=O) groups excluding carboxylic acids is 2. The second kappa shape index (κ2) is 7.56. The van der Waals surface area contributed by atoms with Gasteiger partial charge in [-0.05, 0) is 36.3 Å². The van der Waals surface area contributed by atoms with Crippen molar-refractivity contribution in [3.8, 4) is 0 Å². The van der Waals surface area contributed by atoms with Crippen LogP contribution in [-0.4, -0.2) is 40.5 Å². The Labute approximate surface area is 149 Å². The molecule has 25 heavy (non-hydrogen) atoms. The summed E-state index contributed by atoms with van der Waals surface area (Å²) >= 11 is 0. The summed E-state index contributed by atoms with van der Waals surface area (Å²) in [5, 5.41) is 13.4. The number of fused-ring (bicyclic) bond motifs is 1. The third-order valence-electron chi connectivity index (χ3n) is 5.24. The average molecular weight is 344 g/mol. The molecule has 5 nitrogen and oxygen atoms in total. The second-order valence-corrected chi connectivity index (χ2v) is 7.65. The van der Waals surface area contributed by atoms with Gasteiger partial charge in [0.25, 0.3) is 0 Å². The first-order valence-corrected chi connectivity index (χ1v) is 9.33. The van der Waals surface area contributed by atoms with E-state index in [4.69, 9.17) is 0 Å². The van der Waals surface area contributed by atoms with E-state index >= 15 is 0 Å². The van der Waals surface area contributed by atoms with Crippen LogP contribution < -0.4 is 5.32 Å². The smallest absolute Gasteiger partial charge is 0.243 e. The fourth-order valence-corrected chi connectivity index (χ4v) is 3.98. The maximum absolute atomic E-state index is 13.0. The molecule has 1 saturated heterocycles. The van der Waals surface area contributed by atoms with Gasteiger partial charge in [-0.15, -0.1) is 0 Å². The van der Waals surface area contributed by atoms with E-state index in [1.807, 2.05) is 24.3 Å². The molecule has 2 amide bonds. The van der Waals surface area contributed by atoms with Crippen molar-refractivity contribution in [3.05, 3.63) is 35.4 Å². The Balaban J connectivity index is 1.77. The van der Waals surface area contributed by atoms with E-state index in [9.17, 15) is 14.7 Å². The van der Waals surface area contributed by atoms with Crippen LogP contribution in [0, 0.1) is 5.92 Å². The van der Waals surface area contributed by atoms with Crippen LogP contribution in [0.2, 0.25) is 0 Å². The molecule has 1 heterocycles. The molecule has 3 rings (SSSR count). The molecular formula is C20H28N2O3. The molecule has 1 aliphatic heterocycles. The fourth-order valence-electron chi connectivity index (χ4n) is 3.98. The Morgan fingerprint density at radius 3 is 2.80 bits per heavy atom. The molecule has 0 spiro atoms. The van der Waals surface area contributed by atoms with Gasteiger partial charge in [-0.3, -0.25) is 9.59 Å². The van der Waals surface area contributed by atoms with E-state index < -0.39 is 18.2 Å². The highest BCUT2D eigenvalue weighted by Crippen LogP contribution is 2.31. The van der Waals surface area contributed by atoms with E-state index in [0.717, 1.165) is 24.0 Å². The number of rotatable bonds is 5. The molecule has 1 unspecified atom stereocenters. The summed E-state index contributed by atoms with van der Waals surface area (Å²) in [6.45, 7) is 4.77. The highest BCUT2D eigenvalue weighted by Gasteiger charge is 2.37. The number of carbonyl (C=O) groups is 2. The Morgan fingerprint density at radius 2 is 2.08 bits per heavy atom. The molecule has 2 N–H and O–H groups in total. The summed E-state index contributed by atoms with van der Waals surface area (Å²) in [6.07, 6.45) is 2.96. The lowest BCUT2D eigenvalue weighted by atomic mass is 9.98. The van der Waals surface area contributed by atoms with E-state index in [-0.39, 0.29) is 11.8 Å². The lowest BCUT2D eigenvalue weighted by molar-refractivity contribution is -0.143. The summed E-state index contributed by atoms with van der Waals surface area (Å²) in [5.41, 5.74) is 2.06. The van der Waals surface area contributed by atoms with E-state index in [1.54, 1.807) is 4.90 Å². The van der Waals surface area contributed by atoms with E-state index in [2.05, 4.69) is 19.2 Å². The zero-order valence-electron chi connectivity index (χ0n) is 15.1. The van der Waals surface area contributed by atoms with Gasteiger partial charge in [-0.2, -0.15) is 0 Å². The van der Waals surface area contributed by atoms with Crippen LogP contribution >= 0.6 is 0 Å². The Bertz CT molecular complexity index is 644. The van der Waals surface area contributed by atoms with Gasteiger partial charge in [-0.25, -0.2) is 0 Å². The number of aliphatic hydroxyl groups is 1. The van der Waals surface area contributed by atoms with Gasteiger partial charge in [0, 0.05) is 19.4 Å². The van der Waals surface area contributed by atoms with Crippen LogP contribution in [-0.2, 0) is 16.0 Å². The predicted octanol–water partition coefficient (Wildman–Crippen LogP) is 2.19. The summed E-state index contributed by atoms with van der Waals surface area (Å²) in [5.74, 6) is 0.232. The van der Waals surface area contributed by atoms with Gasteiger partial charge in [0.05, 0.1) is 12.1 Å². The molecule has 136 valence electrons. The minimum atomic E-state index is -0.613. The molecule has 0 saturated carbocycles. The zero-order valence-corrected chi connectivity index (χ0v) is 15.1. The van der Waals surface area contributed by atoms with Crippen LogP contribution in [0.3, 0.4) is 0 Å². The minimum absolute atomic E-state index is 0.0689. The first-order chi connectivity index (χ1) is 12.0. The molecule has 1 aromatic carbocycles. The van der Waals surface area contributed by atoms with Crippen LogP contribution in [0.15, 0.2) is 24.3 Å². The first-order valence-electron chi connectivity index (χ1n) is 9.33. The highest BCUT2D eigenvalue weighted by atomic mass is 16.3. The number of piperidine rings is 1.